The maximum atomic E-state index is 3.78. The molecular weight excluding hydrogens is 256 g/mol. The molecule has 0 radical (unpaired) electrons. The zero-order valence-electron chi connectivity index (χ0n) is 13.6. The Hall–Kier alpha value is -0.860. The van der Waals surface area contributed by atoms with Crippen LogP contribution in [-0.4, -0.2) is 35.6 Å². The van der Waals surface area contributed by atoms with Gasteiger partial charge in [-0.25, -0.2) is 0 Å². The predicted octanol–water partition coefficient (Wildman–Crippen LogP) is 3.61. The summed E-state index contributed by atoms with van der Waals surface area (Å²) < 4.78 is 0. The summed E-state index contributed by atoms with van der Waals surface area (Å²) in [6.07, 6.45) is 7.96. The summed E-state index contributed by atoms with van der Waals surface area (Å²) in [5, 5.41) is 3.78. The van der Waals surface area contributed by atoms with Gasteiger partial charge < -0.3 is 5.32 Å². The molecule has 2 bridgehead atoms. The minimum atomic E-state index is 0.694. The van der Waals surface area contributed by atoms with Crippen LogP contribution in [0.2, 0.25) is 0 Å². The average Bonchev–Trinajstić information content (AvgIpc) is 2.86. The lowest BCUT2D eigenvalue weighted by atomic mass is 9.94. The van der Waals surface area contributed by atoms with E-state index in [1.807, 2.05) is 0 Å². The zero-order chi connectivity index (χ0) is 14.7. The molecular formula is C19H30N2. The van der Waals surface area contributed by atoms with Crippen molar-refractivity contribution >= 4 is 0 Å². The van der Waals surface area contributed by atoms with Crippen molar-refractivity contribution in [3.63, 3.8) is 0 Å². The van der Waals surface area contributed by atoms with Gasteiger partial charge in [0.2, 0.25) is 0 Å². The van der Waals surface area contributed by atoms with Crippen LogP contribution in [0.25, 0.3) is 0 Å². The molecule has 21 heavy (non-hydrogen) atoms. The number of piperidine rings is 1. The number of rotatable bonds is 6. The first-order chi connectivity index (χ1) is 10.3. The van der Waals surface area contributed by atoms with Crippen LogP contribution < -0.4 is 5.32 Å². The Balaban J connectivity index is 1.68. The van der Waals surface area contributed by atoms with E-state index in [1.165, 1.54) is 50.6 Å². The van der Waals surface area contributed by atoms with Crippen LogP contribution in [0.1, 0.15) is 51.5 Å². The van der Waals surface area contributed by atoms with E-state index in [-0.39, 0.29) is 0 Å². The maximum Gasteiger partial charge on any atom is 0.0136 e. The van der Waals surface area contributed by atoms with Crippen molar-refractivity contribution < 1.29 is 0 Å². The summed E-state index contributed by atoms with van der Waals surface area (Å²) >= 11 is 0. The molecule has 2 heteroatoms. The van der Waals surface area contributed by atoms with Gasteiger partial charge in [0.05, 0.1) is 0 Å². The standard InChI is InChI=1S/C19H30N2/c1-3-18(12-15-8-6-5-7-9-15)21(4-2)19-13-16-10-11-17(14-19)20-16/h5-9,16-20H,3-4,10-14H2,1-2H3. The molecule has 0 aliphatic carbocycles. The third kappa shape index (κ3) is 3.49. The smallest absolute Gasteiger partial charge is 0.0136 e. The molecule has 2 fully saturated rings. The largest absolute Gasteiger partial charge is 0.311 e. The van der Waals surface area contributed by atoms with E-state index in [0.29, 0.717) is 6.04 Å². The van der Waals surface area contributed by atoms with E-state index in [1.54, 1.807) is 0 Å². The van der Waals surface area contributed by atoms with Crippen molar-refractivity contribution in [2.45, 2.75) is 76.5 Å². The van der Waals surface area contributed by atoms with Gasteiger partial charge in [-0.1, -0.05) is 44.2 Å². The summed E-state index contributed by atoms with van der Waals surface area (Å²) in [7, 11) is 0. The quantitative estimate of drug-likeness (QED) is 0.859. The van der Waals surface area contributed by atoms with Crippen molar-refractivity contribution in [2.75, 3.05) is 6.54 Å². The van der Waals surface area contributed by atoms with Crippen LogP contribution in [0.4, 0.5) is 0 Å². The highest BCUT2D eigenvalue weighted by molar-refractivity contribution is 5.16. The van der Waals surface area contributed by atoms with Crippen LogP contribution in [0.5, 0.6) is 0 Å². The Morgan fingerprint density at radius 2 is 1.76 bits per heavy atom. The second-order valence-electron chi connectivity index (χ2n) is 6.85. The van der Waals surface area contributed by atoms with Crippen molar-refractivity contribution in [1.82, 2.24) is 10.2 Å². The SMILES string of the molecule is CCC(Cc1ccccc1)N(CC)C1CC2CCC(C1)N2. The van der Waals surface area contributed by atoms with Crippen LogP contribution in [-0.2, 0) is 6.42 Å². The number of likely N-dealkylation sites (N-methyl/N-ethyl adjacent to an activating group) is 1. The van der Waals surface area contributed by atoms with Crippen LogP contribution >= 0.6 is 0 Å². The number of nitrogens with one attached hydrogen (secondary N) is 1. The second-order valence-corrected chi connectivity index (χ2v) is 6.85. The van der Waals surface area contributed by atoms with Gasteiger partial charge in [-0.2, -0.15) is 0 Å². The summed E-state index contributed by atoms with van der Waals surface area (Å²) in [4.78, 5) is 2.80. The Kier molecular flexibility index (Phi) is 4.97. The lowest BCUT2D eigenvalue weighted by molar-refractivity contribution is 0.0966. The summed E-state index contributed by atoms with van der Waals surface area (Å²) in [6, 6.07) is 14.1. The molecule has 116 valence electrons. The van der Waals surface area contributed by atoms with Gasteiger partial charge in [0.15, 0.2) is 0 Å². The average molecular weight is 286 g/mol. The summed E-state index contributed by atoms with van der Waals surface area (Å²) in [5.74, 6) is 0. The molecule has 0 amide bonds. The van der Waals surface area contributed by atoms with Gasteiger partial charge >= 0.3 is 0 Å². The van der Waals surface area contributed by atoms with Gasteiger partial charge in [0, 0.05) is 24.2 Å². The third-order valence-electron chi connectivity index (χ3n) is 5.54. The highest BCUT2D eigenvalue weighted by atomic mass is 15.2. The molecule has 1 aromatic carbocycles. The minimum absolute atomic E-state index is 0.694. The first-order valence-electron chi connectivity index (χ1n) is 8.85. The fraction of sp³-hybridized carbons (Fsp3) is 0.684. The number of benzene rings is 1. The molecule has 2 aliphatic heterocycles. The lowest BCUT2D eigenvalue weighted by Gasteiger charge is -2.41. The van der Waals surface area contributed by atoms with E-state index < -0.39 is 0 Å². The normalized spacial score (nSPS) is 29.8. The van der Waals surface area contributed by atoms with Gasteiger partial charge in [0.25, 0.3) is 0 Å². The molecule has 0 saturated carbocycles. The molecule has 3 rings (SSSR count). The second kappa shape index (κ2) is 6.93. The first kappa shape index (κ1) is 15.1. The third-order valence-corrected chi connectivity index (χ3v) is 5.54. The van der Waals surface area contributed by atoms with Crippen molar-refractivity contribution in [2.24, 2.45) is 0 Å². The molecule has 2 nitrogen and oxygen atoms in total. The molecule has 0 aromatic heterocycles. The van der Waals surface area contributed by atoms with E-state index in [0.717, 1.165) is 18.1 Å². The Morgan fingerprint density at radius 3 is 2.33 bits per heavy atom. The van der Waals surface area contributed by atoms with Crippen LogP contribution in [0, 0.1) is 0 Å². The number of hydrogen-bond acceptors (Lipinski definition) is 2. The Morgan fingerprint density at radius 1 is 1.10 bits per heavy atom. The number of fused-ring (bicyclic) bond motifs is 2. The summed E-state index contributed by atoms with van der Waals surface area (Å²) in [5.41, 5.74) is 1.49. The van der Waals surface area contributed by atoms with Gasteiger partial charge in [-0.15, -0.1) is 0 Å². The number of hydrogen-bond donors (Lipinski definition) is 1. The van der Waals surface area contributed by atoms with Crippen molar-refractivity contribution in [1.29, 1.82) is 0 Å². The lowest BCUT2D eigenvalue weighted by Crippen LogP contribution is -2.52. The van der Waals surface area contributed by atoms with Crippen LogP contribution in [0.15, 0.2) is 30.3 Å². The maximum absolute atomic E-state index is 3.78. The highest BCUT2D eigenvalue weighted by Crippen LogP contribution is 2.31. The monoisotopic (exact) mass is 286 g/mol. The van der Waals surface area contributed by atoms with Gasteiger partial charge in [-0.05, 0) is 50.6 Å². The van der Waals surface area contributed by atoms with Crippen molar-refractivity contribution in [3.8, 4) is 0 Å². The fourth-order valence-corrected chi connectivity index (χ4v) is 4.49. The summed E-state index contributed by atoms with van der Waals surface area (Å²) in [6.45, 7) is 5.89. The van der Waals surface area contributed by atoms with Crippen LogP contribution in [0.3, 0.4) is 0 Å². The zero-order valence-corrected chi connectivity index (χ0v) is 13.6. The molecule has 1 aromatic rings. The Labute approximate surface area is 129 Å². The molecule has 2 saturated heterocycles. The first-order valence-corrected chi connectivity index (χ1v) is 8.85. The molecule has 3 unspecified atom stereocenters. The highest BCUT2D eigenvalue weighted by Gasteiger charge is 2.37. The molecule has 2 heterocycles. The van der Waals surface area contributed by atoms with Gasteiger partial charge in [0.1, 0.15) is 0 Å². The fourth-order valence-electron chi connectivity index (χ4n) is 4.49. The topological polar surface area (TPSA) is 15.3 Å². The Bertz CT molecular complexity index is 418. The van der Waals surface area contributed by atoms with Crippen molar-refractivity contribution in [3.05, 3.63) is 35.9 Å². The van der Waals surface area contributed by atoms with Gasteiger partial charge in [-0.3, -0.25) is 4.90 Å². The predicted molar refractivity (Wildman–Crippen MR) is 89.6 cm³/mol. The molecule has 2 aliphatic rings. The number of nitrogens with zero attached hydrogens (tertiary/aromatic N) is 1. The molecule has 0 spiro atoms. The van der Waals surface area contributed by atoms with E-state index in [4.69, 9.17) is 0 Å². The molecule has 1 N–H and O–H groups in total. The van der Waals surface area contributed by atoms with E-state index in [9.17, 15) is 0 Å². The van der Waals surface area contributed by atoms with E-state index >= 15 is 0 Å². The minimum Gasteiger partial charge on any atom is -0.311 e. The molecule has 3 atom stereocenters. The van der Waals surface area contributed by atoms with E-state index in [2.05, 4.69) is 54.4 Å².